The molecule has 0 aliphatic heterocycles. The number of para-hydroxylation sites is 1. The Labute approximate surface area is 123 Å². The topological polar surface area (TPSA) is 53.6 Å². The minimum atomic E-state index is -1.09. The molecule has 1 aliphatic rings. The largest absolute Gasteiger partial charge is 0.457 e. The van der Waals surface area contributed by atoms with E-state index in [2.05, 4.69) is 6.92 Å². The summed E-state index contributed by atoms with van der Waals surface area (Å²) in [4.78, 5) is 0. The van der Waals surface area contributed by atoms with E-state index in [0.29, 0.717) is 35.1 Å². The van der Waals surface area contributed by atoms with Crippen molar-refractivity contribution in [3.8, 4) is 0 Å². The Morgan fingerprint density at radius 2 is 2.05 bits per heavy atom. The quantitative estimate of drug-likeness (QED) is 0.878. The first kappa shape index (κ1) is 13.9. The number of benzene rings is 1. The van der Waals surface area contributed by atoms with Gasteiger partial charge in [0.25, 0.3) is 0 Å². The Kier molecular flexibility index (Phi) is 3.53. The molecule has 1 aromatic heterocycles. The fourth-order valence-electron chi connectivity index (χ4n) is 2.98. The van der Waals surface area contributed by atoms with E-state index in [1.54, 1.807) is 12.1 Å². The van der Waals surface area contributed by atoms with Crippen molar-refractivity contribution in [2.45, 2.75) is 44.3 Å². The molecule has 1 fully saturated rings. The van der Waals surface area contributed by atoms with Gasteiger partial charge in [-0.3, -0.25) is 0 Å². The van der Waals surface area contributed by atoms with Crippen LogP contribution in [0.15, 0.2) is 28.7 Å². The predicted molar refractivity (Wildman–Crippen MR) is 78.8 cm³/mol. The fraction of sp³-hybridized carbons (Fsp3) is 0.500. The molecule has 0 bridgehead atoms. The summed E-state index contributed by atoms with van der Waals surface area (Å²) in [5.41, 5.74) is -0.525. The van der Waals surface area contributed by atoms with Crippen molar-refractivity contribution < 1.29 is 14.6 Å². The number of hydrogen-bond acceptors (Lipinski definition) is 3. The molecule has 2 aromatic rings. The third-order valence-corrected chi connectivity index (χ3v) is 4.73. The molecule has 3 nitrogen and oxygen atoms in total. The van der Waals surface area contributed by atoms with Crippen molar-refractivity contribution in [1.29, 1.82) is 0 Å². The Morgan fingerprint density at radius 1 is 1.35 bits per heavy atom. The van der Waals surface area contributed by atoms with Crippen LogP contribution in [0.4, 0.5) is 0 Å². The van der Waals surface area contributed by atoms with Crippen molar-refractivity contribution >= 4 is 22.6 Å². The highest BCUT2D eigenvalue weighted by molar-refractivity contribution is 6.34. The smallest absolute Gasteiger partial charge is 0.152 e. The highest BCUT2D eigenvalue weighted by Gasteiger charge is 2.41. The fourth-order valence-corrected chi connectivity index (χ4v) is 3.20. The summed E-state index contributed by atoms with van der Waals surface area (Å²) >= 11 is 6.08. The van der Waals surface area contributed by atoms with Gasteiger partial charge in [-0.1, -0.05) is 30.7 Å². The molecule has 4 heteroatoms. The Morgan fingerprint density at radius 3 is 2.70 bits per heavy atom. The maximum absolute atomic E-state index is 10.7. The van der Waals surface area contributed by atoms with E-state index in [0.717, 1.165) is 18.2 Å². The zero-order valence-electron chi connectivity index (χ0n) is 11.5. The molecule has 1 aliphatic carbocycles. The first-order chi connectivity index (χ1) is 9.49. The highest BCUT2D eigenvalue weighted by Crippen LogP contribution is 2.42. The molecule has 0 saturated heterocycles. The lowest BCUT2D eigenvalue weighted by molar-refractivity contribution is -0.112. The van der Waals surface area contributed by atoms with Crippen LogP contribution in [0.5, 0.6) is 0 Å². The standard InChI is InChI=1S/C16H19ClO3/c1-10-5-7-16(19,8-6-10)15(18)13-9-11-3-2-4-12(17)14(11)20-13/h2-4,9-10,15,18-19H,5-8H2,1H3. The van der Waals surface area contributed by atoms with E-state index in [1.165, 1.54) is 0 Å². The molecule has 1 unspecified atom stereocenters. The van der Waals surface area contributed by atoms with Gasteiger partial charge in [-0.05, 0) is 43.7 Å². The molecular formula is C16H19ClO3. The maximum atomic E-state index is 10.7. The van der Waals surface area contributed by atoms with E-state index < -0.39 is 11.7 Å². The zero-order chi connectivity index (χ0) is 14.3. The van der Waals surface area contributed by atoms with E-state index in [-0.39, 0.29) is 0 Å². The van der Waals surface area contributed by atoms with Crippen molar-refractivity contribution in [1.82, 2.24) is 0 Å². The summed E-state index contributed by atoms with van der Waals surface area (Å²) in [6.07, 6.45) is 2.04. The van der Waals surface area contributed by atoms with Crippen LogP contribution in [0.25, 0.3) is 11.0 Å². The number of fused-ring (bicyclic) bond motifs is 1. The van der Waals surface area contributed by atoms with Crippen LogP contribution in [0, 0.1) is 5.92 Å². The number of aliphatic hydroxyl groups excluding tert-OH is 1. The highest BCUT2D eigenvalue weighted by atomic mass is 35.5. The van der Waals surface area contributed by atoms with Gasteiger partial charge in [0.05, 0.1) is 10.6 Å². The van der Waals surface area contributed by atoms with Crippen LogP contribution < -0.4 is 0 Å². The van der Waals surface area contributed by atoms with E-state index in [1.807, 2.05) is 12.1 Å². The molecule has 108 valence electrons. The number of halogens is 1. The third kappa shape index (κ3) is 2.34. The average molecular weight is 295 g/mol. The minimum Gasteiger partial charge on any atom is -0.457 e. The van der Waals surface area contributed by atoms with Crippen LogP contribution in [-0.2, 0) is 0 Å². The van der Waals surface area contributed by atoms with E-state index in [9.17, 15) is 10.2 Å². The lowest BCUT2D eigenvalue weighted by Gasteiger charge is -2.37. The number of aliphatic hydroxyl groups is 2. The maximum Gasteiger partial charge on any atom is 0.152 e. The zero-order valence-corrected chi connectivity index (χ0v) is 12.2. The lowest BCUT2D eigenvalue weighted by Crippen LogP contribution is -2.39. The van der Waals surface area contributed by atoms with E-state index >= 15 is 0 Å². The molecule has 1 aromatic carbocycles. The van der Waals surface area contributed by atoms with Gasteiger partial charge in [0, 0.05) is 5.39 Å². The van der Waals surface area contributed by atoms with Crippen LogP contribution in [0.1, 0.15) is 44.5 Å². The molecule has 3 rings (SSSR count). The van der Waals surface area contributed by atoms with Crippen LogP contribution in [-0.4, -0.2) is 15.8 Å². The van der Waals surface area contributed by atoms with Gasteiger partial charge in [0.15, 0.2) is 5.58 Å². The van der Waals surface area contributed by atoms with Crippen LogP contribution >= 0.6 is 11.6 Å². The molecule has 1 heterocycles. The molecular weight excluding hydrogens is 276 g/mol. The minimum absolute atomic E-state index is 0.394. The van der Waals surface area contributed by atoms with Crippen molar-refractivity contribution in [3.05, 3.63) is 35.0 Å². The summed E-state index contributed by atoms with van der Waals surface area (Å²) < 4.78 is 5.66. The SMILES string of the molecule is CC1CCC(O)(C(O)c2cc3cccc(Cl)c3o2)CC1. The normalized spacial score (nSPS) is 28.7. The molecule has 0 spiro atoms. The van der Waals surface area contributed by atoms with Gasteiger partial charge in [0.2, 0.25) is 0 Å². The van der Waals surface area contributed by atoms with Gasteiger partial charge in [0.1, 0.15) is 11.9 Å². The monoisotopic (exact) mass is 294 g/mol. The number of hydrogen-bond donors (Lipinski definition) is 2. The first-order valence-electron chi connectivity index (χ1n) is 7.08. The van der Waals surface area contributed by atoms with Crippen molar-refractivity contribution in [2.24, 2.45) is 5.92 Å². The summed E-state index contributed by atoms with van der Waals surface area (Å²) in [5, 5.41) is 22.5. The Hall–Kier alpha value is -1.03. The molecule has 1 saturated carbocycles. The van der Waals surface area contributed by atoms with Crippen molar-refractivity contribution in [2.75, 3.05) is 0 Å². The predicted octanol–water partition coefficient (Wildman–Crippen LogP) is 4.06. The molecule has 20 heavy (non-hydrogen) atoms. The van der Waals surface area contributed by atoms with Gasteiger partial charge < -0.3 is 14.6 Å². The molecule has 1 atom stereocenters. The van der Waals surface area contributed by atoms with Gasteiger partial charge in [-0.25, -0.2) is 0 Å². The number of furan rings is 1. The summed E-state index contributed by atoms with van der Waals surface area (Å²) in [6.45, 7) is 2.17. The Balaban J connectivity index is 1.92. The van der Waals surface area contributed by atoms with Gasteiger partial charge >= 0.3 is 0 Å². The molecule has 0 amide bonds. The van der Waals surface area contributed by atoms with Gasteiger partial charge in [-0.2, -0.15) is 0 Å². The van der Waals surface area contributed by atoms with Crippen LogP contribution in [0.2, 0.25) is 5.02 Å². The number of rotatable bonds is 2. The van der Waals surface area contributed by atoms with E-state index in [4.69, 9.17) is 16.0 Å². The average Bonchev–Trinajstić information content (AvgIpc) is 2.87. The second kappa shape index (κ2) is 5.06. The lowest BCUT2D eigenvalue weighted by atomic mass is 9.76. The second-order valence-electron chi connectivity index (χ2n) is 6.00. The second-order valence-corrected chi connectivity index (χ2v) is 6.40. The summed E-state index contributed by atoms with van der Waals surface area (Å²) in [5.74, 6) is 0.998. The van der Waals surface area contributed by atoms with Crippen molar-refractivity contribution in [3.63, 3.8) is 0 Å². The molecule has 2 N–H and O–H groups in total. The summed E-state index contributed by atoms with van der Waals surface area (Å²) in [7, 11) is 0. The first-order valence-corrected chi connectivity index (χ1v) is 7.46. The van der Waals surface area contributed by atoms with Gasteiger partial charge in [-0.15, -0.1) is 0 Å². The summed E-state index contributed by atoms with van der Waals surface area (Å²) in [6, 6.07) is 7.24. The third-order valence-electron chi connectivity index (χ3n) is 4.43. The molecule has 0 radical (unpaired) electrons. The van der Waals surface area contributed by atoms with Crippen LogP contribution in [0.3, 0.4) is 0 Å². The Bertz CT molecular complexity index is 611.